The number of amides is 1. The first-order chi connectivity index (χ1) is 8.59. The van der Waals surface area contributed by atoms with E-state index in [1.54, 1.807) is 6.07 Å². The molecule has 1 N–H and O–H groups in total. The molecule has 0 fully saturated rings. The number of benzene rings is 1. The maximum absolute atomic E-state index is 11.9. The average Bonchev–Trinajstić information content (AvgIpc) is 2.76. The van der Waals surface area contributed by atoms with Crippen LogP contribution in [0.3, 0.4) is 0 Å². The van der Waals surface area contributed by atoms with E-state index in [9.17, 15) is 4.79 Å². The van der Waals surface area contributed by atoms with Crippen LogP contribution in [-0.4, -0.2) is 5.91 Å². The summed E-state index contributed by atoms with van der Waals surface area (Å²) in [7, 11) is 0. The third kappa shape index (κ3) is 2.68. The molecule has 0 aliphatic heterocycles. The van der Waals surface area contributed by atoms with Crippen LogP contribution in [0.15, 0.2) is 41.0 Å². The zero-order chi connectivity index (χ0) is 13.1. The maximum Gasteiger partial charge on any atom is 0.256 e. The van der Waals surface area contributed by atoms with Crippen molar-refractivity contribution in [1.29, 1.82) is 0 Å². The molecular formula is C13H11Cl2NO2. The van der Waals surface area contributed by atoms with Gasteiger partial charge in [-0.3, -0.25) is 4.79 Å². The normalized spacial score (nSPS) is 12.2. The lowest BCUT2D eigenvalue weighted by atomic mass is 10.1. The van der Waals surface area contributed by atoms with E-state index in [1.165, 1.54) is 12.3 Å². The van der Waals surface area contributed by atoms with Crippen molar-refractivity contribution in [2.75, 3.05) is 0 Å². The minimum atomic E-state index is -0.291. The summed E-state index contributed by atoms with van der Waals surface area (Å²) in [5, 5.41) is 3.51. The number of carbonyl (C=O) groups is 1. The number of hydrogen-bond acceptors (Lipinski definition) is 2. The Labute approximate surface area is 115 Å². The van der Waals surface area contributed by atoms with Gasteiger partial charge in [-0.1, -0.05) is 29.8 Å². The summed E-state index contributed by atoms with van der Waals surface area (Å²) in [5.41, 5.74) is 1.17. The lowest BCUT2D eigenvalue weighted by Gasteiger charge is -2.15. The van der Waals surface area contributed by atoms with Gasteiger partial charge in [0.2, 0.25) is 5.22 Å². The molecule has 1 atom stereocenters. The molecule has 0 aliphatic rings. The highest BCUT2D eigenvalue weighted by atomic mass is 35.5. The number of rotatable bonds is 3. The van der Waals surface area contributed by atoms with Crippen LogP contribution in [0.2, 0.25) is 10.2 Å². The topological polar surface area (TPSA) is 42.2 Å². The highest BCUT2D eigenvalue weighted by molar-refractivity contribution is 6.32. The second kappa shape index (κ2) is 5.46. The van der Waals surface area contributed by atoms with Gasteiger partial charge in [-0.25, -0.2) is 0 Å². The van der Waals surface area contributed by atoms with Gasteiger partial charge in [-0.15, -0.1) is 0 Å². The second-order valence-corrected chi connectivity index (χ2v) is 4.58. The van der Waals surface area contributed by atoms with Crippen LogP contribution in [0.25, 0.3) is 0 Å². The van der Waals surface area contributed by atoms with Crippen molar-refractivity contribution in [3.8, 4) is 0 Å². The maximum atomic E-state index is 11.9. The van der Waals surface area contributed by atoms with Crippen LogP contribution in [0.5, 0.6) is 0 Å². The highest BCUT2D eigenvalue weighted by Crippen LogP contribution is 2.23. The fourth-order valence-corrected chi connectivity index (χ4v) is 2.13. The Morgan fingerprint density at radius 3 is 2.61 bits per heavy atom. The summed E-state index contributed by atoms with van der Waals surface area (Å²) in [5.74, 6) is -0.291. The lowest BCUT2D eigenvalue weighted by Crippen LogP contribution is -2.26. The smallest absolute Gasteiger partial charge is 0.256 e. The zero-order valence-corrected chi connectivity index (χ0v) is 11.1. The van der Waals surface area contributed by atoms with Gasteiger partial charge < -0.3 is 9.73 Å². The minimum Gasteiger partial charge on any atom is -0.452 e. The first-order valence-corrected chi connectivity index (χ1v) is 6.13. The summed E-state index contributed by atoms with van der Waals surface area (Å²) >= 11 is 11.8. The Kier molecular flexibility index (Phi) is 3.94. The van der Waals surface area contributed by atoms with Gasteiger partial charge in [-0.05, 0) is 36.2 Å². The molecule has 1 aromatic heterocycles. The largest absolute Gasteiger partial charge is 0.452 e. The molecule has 2 aromatic rings. The van der Waals surface area contributed by atoms with Crippen molar-refractivity contribution in [3.05, 3.63) is 58.0 Å². The van der Waals surface area contributed by atoms with E-state index in [0.29, 0.717) is 10.6 Å². The van der Waals surface area contributed by atoms with Gasteiger partial charge in [-0.2, -0.15) is 0 Å². The predicted molar refractivity (Wildman–Crippen MR) is 71.1 cm³/mol. The molecule has 0 bridgehead atoms. The van der Waals surface area contributed by atoms with Gasteiger partial charge in [0.25, 0.3) is 5.91 Å². The number of hydrogen-bond donors (Lipinski definition) is 1. The van der Waals surface area contributed by atoms with E-state index in [4.69, 9.17) is 27.6 Å². The molecule has 0 spiro atoms. The van der Waals surface area contributed by atoms with E-state index < -0.39 is 0 Å². The first kappa shape index (κ1) is 13.0. The van der Waals surface area contributed by atoms with Crippen molar-refractivity contribution >= 4 is 29.1 Å². The summed E-state index contributed by atoms with van der Waals surface area (Å²) in [6.45, 7) is 1.85. The molecule has 0 saturated carbocycles. The molecule has 3 nitrogen and oxygen atoms in total. The molecule has 1 unspecified atom stereocenters. The predicted octanol–water partition coefficient (Wildman–Crippen LogP) is 4.08. The van der Waals surface area contributed by atoms with Crippen molar-refractivity contribution in [2.24, 2.45) is 0 Å². The van der Waals surface area contributed by atoms with Gasteiger partial charge in [0.15, 0.2) is 0 Å². The molecule has 5 heteroatoms. The van der Waals surface area contributed by atoms with Gasteiger partial charge in [0, 0.05) is 5.02 Å². The van der Waals surface area contributed by atoms with Gasteiger partial charge in [0.1, 0.15) is 0 Å². The van der Waals surface area contributed by atoms with E-state index in [1.807, 2.05) is 25.1 Å². The second-order valence-electron chi connectivity index (χ2n) is 3.82. The van der Waals surface area contributed by atoms with Crippen molar-refractivity contribution in [3.63, 3.8) is 0 Å². The molecule has 1 amide bonds. The van der Waals surface area contributed by atoms with Gasteiger partial charge >= 0.3 is 0 Å². The van der Waals surface area contributed by atoms with Crippen LogP contribution in [0, 0.1) is 0 Å². The molecule has 18 heavy (non-hydrogen) atoms. The van der Waals surface area contributed by atoms with E-state index in [-0.39, 0.29) is 17.2 Å². The SMILES string of the molecule is CC(NC(=O)c1ccoc1Cl)c1ccccc1Cl. The molecule has 0 aliphatic carbocycles. The first-order valence-electron chi connectivity index (χ1n) is 5.38. The van der Waals surface area contributed by atoms with Gasteiger partial charge in [0.05, 0.1) is 17.9 Å². The fourth-order valence-electron chi connectivity index (χ4n) is 1.63. The third-order valence-corrected chi connectivity index (χ3v) is 3.22. The van der Waals surface area contributed by atoms with Crippen LogP contribution < -0.4 is 5.32 Å². The Balaban J connectivity index is 2.13. The monoisotopic (exact) mass is 283 g/mol. The minimum absolute atomic E-state index is 0.0823. The molecule has 2 rings (SSSR count). The highest BCUT2D eigenvalue weighted by Gasteiger charge is 2.17. The number of halogens is 2. The van der Waals surface area contributed by atoms with E-state index >= 15 is 0 Å². The van der Waals surface area contributed by atoms with Crippen LogP contribution in [-0.2, 0) is 0 Å². The average molecular weight is 284 g/mol. The Morgan fingerprint density at radius 2 is 2.00 bits per heavy atom. The standard InChI is InChI=1S/C13H11Cl2NO2/c1-8(9-4-2-3-5-11(9)14)16-13(17)10-6-7-18-12(10)15/h2-8H,1H3,(H,16,17). The molecule has 0 radical (unpaired) electrons. The number of furan rings is 1. The molecule has 94 valence electrons. The van der Waals surface area contributed by atoms with E-state index in [2.05, 4.69) is 5.32 Å². The van der Waals surface area contributed by atoms with Crippen LogP contribution >= 0.6 is 23.2 Å². The fraction of sp³-hybridized carbons (Fsp3) is 0.154. The summed E-state index contributed by atoms with van der Waals surface area (Å²) in [6.07, 6.45) is 1.37. The summed E-state index contributed by atoms with van der Waals surface area (Å²) < 4.78 is 4.88. The summed E-state index contributed by atoms with van der Waals surface area (Å²) in [6, 6.07) is 8.67. The van der Waals surface area contributed by atoms with E-state index in [0.717, 1.165) is 5.56 Å². The molecule has 1 heterocycles. The van der Waals surface area contributed by atoms with Crippen molar-refractivity contribution in [1.82, 2.24) is 5.32 Å². The molecular weight excluding hydrogens is 273 g/mol. The molecule has 1 aromatic carbocycles. The van der Waals surface area contributed by atoms with Crippen molar-refractivity contribution < 1.29 is 9.21 Å². The number of carbonyl (C=O) groups excluding carboxylic acids is 1. The zero-order valence-electron chi connectivity index (χ0n) is 9.61. The Hall–Kier alpha value is -1.45. The lowest BCUT2D eigenvalue weighted by molar-refractivity contribution is 0.0939. The molecule has 0 saturated heterocycles. The Morgan fingerprint density at radius 1 is 1.28 bits per heavy atom. The number of nitrogens with one attached hydrogen (secondary N) is 1. The third-order valence-electron chi connectivity index (χ3n) is 2.58. The Bertz CT molecular complexity index is 566. The summed E-state index contributed by atoms with van der Waals surface area (Å²) in [4.78, 5) is 11.9. The quantitative estimate of drug-likeness (QED) is 0.922. The van der Waals surface area contributed by atoms with Crippen molar-refractivity contribution in [2.45, 2.75) is 13.0 Å². The van der Waals surface area contributed by atoms with Crippen LogP contribution in [0.1, 0.15) is 28.9 Å². The van der Waals surface area contributed by atoms with Crippen LogP contribution in [0.4, 0.5) is 0 Å².